The summed E-state index contributed by atoms with van der Waals surface area (Å²) in [6.45, 7) is 10.6. The number of fused-ring (bicyclic) bond motifs is 1. The summed E-state index contributed by atoms with van der Waals surface area (Å²) in [5.41, 5.74) is 7.83. The van der Waals surface area contributed by atoms with Crippen molar-refractivity contribution in [1.29, 1.82) is 0 Å². The highest BCUT2D eigenvalue weighted by atomic mass is 16.7. The number of nitrogens with zero attached hydrogens (tertiary/aromatic N) is 2. The van der Waals surface area contributed by atoms with Crippen LogP contribution < -0.4 is 4.74 Å². The summed E-state index contributed by atoms with van der Waals surface area (Å²) in [5, 5.41) is 4.29. The molecule has 0 radical (unpaired) electrons. The third-order valence-electron chi connectivity index (χ3n) is 5.71. The molecule has 0 N–H and O–H groups in total. The van der Waals surface area contributed by atoms with Gasteiger partial charge in [0.25, 0.3) is 0 Å². The SMILES string of the molecule is Cc1cc(C)cc(-n2c(C)cc3c2CC(C)(C)C/C3=N\OC(=O)COc2ccccc2)c1. The Hall–Kier alpha value is -3.34. The molecule has 0 unspecified atom stereocenters. The highest BCUT2D eigenvalue weighted by Gasteiger charge is 2.33. The van der Waals surface area contributed by atoms with Crippen molar-refractivity contribution in [2.45, 2.75) is 47.5 Å². The Balaban J connectivity index is 1.61. The van der Waals surface area contributed by atoms with Crippen molar-refractivity contribution in [3.63, 3.8) is 0 Å². The van der Waals surface area contributed by atoms with Gasteiger partial charge in [0.2, 0.25) is 0 Å². The zero-order chi connectivity index (χ0) is 22.9. The normalized spacial score (nSPS) is 16.0. The second kappa shape index (κ2) is 8.65. The van der Waals surface area contributed by atoms with E-state index in [2.05, 4.69) is 68.6 Å². The molecule has 0 bridgehead atoms. The van der Waals surface area contributed by atoms with Crippen molar-refractivity contribution in [3.8, 4) is 11.4 Å². The van der Waals surface area contributed by atoms with Gasteiger partial charge in [-0.1, -0.05) is 43.3 Å². The summed E-state index contributed by atoms with van der Waals surface area (Å²) in [4.78, 5) is 17.5. The molecule has 4 rings (SSSR count). The predicted molar refractivity (Wildman–Crippen MR) is 127 cm³/mol. The number of aromatic nitrogens is 1. The second-order valence-corrected chi connectivity index (χ2v) is 9.45. The fourth-order valence-electron chi connectivity index (χ4n) is 4.49. The van der Waals surface area contributed by atoms with Gasteiger partial charge in [-0.3, -0.25) is 0 Å². The van der Waals surface area contributed by atoms with Crippen LogP contribution in [0.3, 0.4) is 0 Å². The molecule has 1 heterocycles. The van der Waals surface area contributed by atoms with Gasteiger partial charge in [0.1, 0.15) is 5.75 Å². The van der Waals surface area contributed by atoms with E-state index in [1.165, 1.54) is 16.8 Å². The first-order valence-electron chi connectivity index (χ1n) is 11.0. The maximum absolute atomic E-state index is 12.2. The van der Waals surface area contributed by atoms with Crippen LogP contribution >= 0.6 is 0 Å². The third-order valence-corrected chi connectivity index (χ3v) is 5.71. The Morgan fingerprint density at radius 2 is 1.69 bits per heavy atom. The van der Waals surface area contributed by atoms with Gasteiger partial charge in [-0.2, -0.15) is 0 Å². The molecule has 0 aliphatic heterocycles. The lowest BCUT2D eigenvalue weighted by atomic mass is 9.76. The van der Waals surface area contributed by atoms with Crippen molar-refractivity contribution in [2.75, 3.05) is 6.61 Å². The number of hydrogen-bond donors (Lipinski definition) is 0. The van der Waals surface area contributed by atoms with Gasteiger partial charge < -0.3 is 14.1 Å². The summed E-state index contributed by atoms with van der Waals surface area (Å²) in [7, 11) is 0. The van der Waals surface area contributed by atoms with Crippen LogP contribution in [0.1, 0.15) is 48.3 Å². The number of ether oxygens (including phenoxy) is 1. The van der Waals surface area contributed by atoms with Gasteiger partial charge in [0, 0.05) is 22.6 Å². The quantitative estimate of drug-likeness (QED) is 0.385. The molecule has 0 saturated heterocycles. The van der Waals surface area contributed by atoms with E-state index < -0.39 is 5.97 Å². The van der Waals surface area contributed by atoms with Gasteiger partial charge in [0.05, 0.1) is 5.71 Å². The molecule has 0 fully saturated rings. The minimum Gasteiger partial charge on any atom is -0.482 e. The van der Waals surface area contributed by atoms with Gasteiger partial charge in [-0.05, 0) is 80.5 Å². The maximum Gasteiger partial charge on any atom is 0.372 e. The zero-order valence-corrected chi connectivity index (χ0v) is 19.4. The molecule has 32 heavy (non-hydrogen) atoms. The Morgan fingerprint density at radius 3 is 2.38 bits per heavy atom. The monoisotopic (exact) mass is 430 g/mol. The van der Waals surface area contributed by atoms with Crippen molar-refractivity contribution < 1.29 is 14.4 Å². The summed E-state index contributed by atoms with van der Waals surface area (Å²) in [6, 6.07) is 18.0. The first-order valence-corrected chi connectivity index (χ1v) is 11.0. The third kappa shape index (κ3) is 4.77. The number of benzene rings is 2. The number of hydrogen-bond acceptors (Lipinski definition) is 4. The summed E-state index contributed by atoms with van der Waals surface area (Å²) in [5.74, 6) is 0.107. The number of rotatable bonds is 5. The largest absolute Gasteiger partial charge is 0.482 e. The molecule has 5 heteroatoms. The lowest BCUT2D eigenvalue weighted by molar-refractivity contribution is -0.146. The highest BCUT2D eigenvalue weighted by Crippen LogP contribution is 2.38. The maximum atomic E-state index is 12.2. The van der Waals surface area contributed by atoms with E-state index in [1.54, 1.807) is 12.1 Å². The van der Waals surface area contributed by atoms with Crippen LogP contribution in [0.25, 0.3) is 5.69 Å². The minimum atomic E-state index is -0.517. The van der Waals surface area contributed by atoms with Crippen LogP contribution in [0, 0.1) is 26.2 Å². The second-order valence-electron chi connectivity index (χ2n) is 9.45. The molecular weight excluding hydrogens is 400 g/mol. The molecule has 0 atom stereocenters. The number of carbonyl (C=O) groups is 1. The van der Waals surface area contributed by atoms with Crippen molar-refractivity contribution in [1.82, 2.24) is 4.57 Å². The molecule has 3 aromatic rings. The molecule has 166 valence electrons. The summed E-state index contributed by atoms with van der Waals surface area (Å²) in [6.07, 6.45) is 1.66. The highest BCUT2D eigenvalue weighted by molar-refractivity contribution is 6.03. The van der Waals surface area contributed by atoms with Crippen LogP contribution in [0.15, 0.2) is 59.8 Å². The predicted octanol–water partition coefficient (Wildman–Crippen LogP) is 5.70. The zero-order valence-electron chi connectivity index (χ0n) is 19.4. The first kappa shape index (κ1) is 21.9. The van der Waals surface area contributed by atoms with Gasteiger partial charge in [0.15, 0.2) is 6.61 Å². The summed E-state index contributed by atoms with van der Waals surface area (Å²) >= 11 is 0. The van der Waals surface area contributed by atoms with E-state index in [0.717, 1.165) is 35.5 Å². The number of para-hydroxylation sites is 1. The Labute approximate surface area is 189 Å². The average molecular weight is 431 g/mol. The van der Waals surface area contributed by atoms with Gasteiger partial charge in [-0.25, -0.2) is 4.79 Å². The van der Waals surface area contributed by atoms with E-state index in [0.29, 0.717) is 5.75 Å². The van der Waals surface area contributed by atoms with Crippen LogP contribution in [0.5, 0.6) is 5.75 Å². The number of carbonyl (C=O) groups excluding carboxylic acids is 1. The van der Waals surface area contributed by atoms with Gasteiger partial charge >= 0.3 is 5.97 Å². The fourth-order valence-corrected chi connectivity index (χ4v) is 4.49. The first-order chi connectivity index (χ1) is 15.2. The molecular formula is C27H30N2O3. The van der Waals surface area contributed by atoms with Crippen LogP contribution in [0.2, 0.25) is 0 Å². The molecule has 0 amide bonds. The van der Waals surface area contributed by atoms with E-state index >= 15 is 0 Å². The van der Waals surface area contributed by atoms with Crippen LogP contribution in [-0.2, 0) is 16.1 Å². The minimum absolute atomic E-state index is 0.000191. The van der Waals surface area contributed by atoms with Crippen molar-refractivity contribution in [2.24, 2.45) is 10.6 Å². The topological polar surface area (TPSA) is 52.8 Å². The molecule has 5 nitrogen and oxygen atoms in total. The van der Waals surface area contributed by atoms with Crippen LogP contribution in [0.4, 0.5) is 0 Å². The number of oxime groups is 1. The molecule has 1 aromatic heterocycles. The standard InChI is InChI=1S/C27H30N2O3/c1-18-11-19(2)13-21(12-18)29-20(3)14-23-24(15-27(4,5)16-25(23)29)28-32-26(30)17-31-22-9-7-6-8-10-22/h6-14H,15-17H2,1-5H3/b28-24+. The lowest BCUT2D eigenvalue weighted by Crippen LogP contribution is -2.29. The molecule has 0 saturated carbocycles. The smallest absolute Gasteiger partial charge is 0.372 e. The van der Waals surface area contributed by atoms with Crippen molar-refractivity contribution >= 4 is 11.7 Å². The molecule has 1 aliphatic carbocycles. The molecule has 0 spiro atoms. The number of aryl methyl sites for hydroxylation is 3. The summed E-state index contributed by atoms with van der Waals surface area (Å²) < 4.78 is 7.79. The average Bonchev–Trinajstić information content (AvgIpc) is 3.05. The van der Waals surface area contributed by atoms with E-state index in [1.807, 2.05) is 18.2 Å². The van der Waals surface area contributed by atoms with Gasteiger partial charge in [-0.15, -0.1) is 0 Å². The fraction of sp³-hybridized carbons (Fsp3) is 0.333. The molecule has 1 aliphatic rings. The van der Waals surface area contributed by atoms with E-state index in [9.17, 15) is 4.79 Å². The van der Waals surface area contributed by atoms with Crippen LogP contribution in [-0.4, -0.2) is 22.9 Å². The Kier molecular flexibility index (Phi) is 5.92. The van der Waals surface area contributed by atoms with E-state index in [4.69, 9.17) is 9.57 Å². The van der Waals surface area contributed by atoms with Crippen molar-refractivity contribution in [3.05, 3.63) is 82.7 Å². The Morgan fingerprint density at radius 1 is 1.00 bits per heavy atom. The lowest BCUT2D eigenvalue weighted by Gasteiger charge is -2.31. The van der Waals surface area contributed by atoms with E-state index in [-0.39, 0.29) is 12.0 Å². The molecule has 2 aromatic carbocycles. The Bertz CT molecular complexity index is 1150.